The molecule has 0 radical (unpaired) electrons. The number of aryl methyl sites for hydroxylation is 1. The van der Waals surface area contributed by atoms with Crippen LogP contribution in [0, 0.1) is 6.92 Å². The zero-order valence-corrected chi connectivity index (χ0v) is 10.8. The molecule has 0 saturated heterocycles. The summed E-state index contributed by atoms with van der Waals surface area (Å²) in [6, 6.07) is 5.91. The van der Waals surface area contributed by atoms with Crippen LogP contribution >= 0.6 is 0 Å². The summed E-state index contributed by atoms with van der Waals surface area (Å²) in [6.45, 7) is 9.61. The minimum Gasteiger partial charge on any atom is -0.375 e. The molecule has 0 fully saturated rings. The van der Waals surface area contributed by atoms with Crippen molar-refractivity contribution in [1.82, 2.24) is 14.6 Å². The Bertz CT molecular complexity index is 547. The van der Waals surface area contributed by atoms with E-state index in [1.807, 2.05) is 36.6 Å². The number of anilines is 1. The van der Waals surface area contributed by atoms with E-state index in [2.05, 4.69) is 22.0 Å². The molecule has 2 aromatic rings. The molecule has 0 aromatic carbocycles. The SMILES string of the molecule is C=C(C)COCCNc1nc2cccc(C)n2n1. The molecule has 5 heteroatoms. The standard InChI is InChI=1S/C13H18N4O/c1-10(2)9-18-8-7-14-13-15-12-6-4-5-11(3)17(12)16-13/h4-6H,1,7-9H2,2-3H3,(H,14,16). The van der Waals surface area contributed by atoms with Crippen molar-refractivity contribution in [2.75, 3.05) is 25.1 Å². The summed E-state index contributed by atoms with van der Waals surface area (Å²) in [4.78, 5) is 4.37. The van der Waals surface area contributed by atoms with Gasteiger partial charge in [-0.05, 0) is 26.0 Å². The molecule has 5 nitrogen and oxygen atoms in total. The maximum absolute atomic E-state index is 5.39. The van der Waals surface area contributed by atoms with Crippen LogP contribution in [0.1, 0.15) is 12.6 Å². The molecular formula is C13H18N4O. The molecule has 18 heavy (non-hydrogen) atoms. The minimum atomic E-state index is 0.597. The third-order valence-corrected chi connectivity index (χ3v) is 2.43. The predicted molar refractivity (Wildman–Crippen MR) is 71.8 cm³/mol. The van der Waals surface area contributed by atoms with Gasteiger partial charge < -0.3 is 10.1 Å². The van der Waals surface area contributed by atoms with Crippen molar-refractivity contribution in [1.29, 1.82) is 0 Å². The second kappa shape index (κ2) is 5.64. The molecule has 96 valence electrons. The van der Waals surface area contributed by atoms with Crippen molar-refractivity contribution in [3.63, 3.8) is 0 Å². The average molecular weight is 246 g/mol. The highest BCUT2D eigenvalue weighted by Crippen LogP contribution is 2.07. The first kappa shape index (κ1) is 12.6. The molecule has 0 saturated carbocycles. The molecule has 0 atom stereocenters. The number of nitrogens with zero attached hydrogens (tertiary/aromatic N) is 3. The maximum Gasteiger partial charge on any atom is 0.243 e. The Balaban J connectivity index is 1.88. The van der Waals surface area contributed by atoms with E-state index < -0.39 is 0 Å². The predicted octanol–water partition coefficient (Wildman–Crippen LogP) is 2.04. The zero-order chi connectivity index (χ0) is 13.0. The van der Waals surface area contributed by atoms with Gasteiger partial charge in [0.15, 0.2) is 5.65 Å². The fourth-order valence-electron chi connectivity index (χ4n) is 1.59. The van der Waals surface area contributed by atoms with Gasteiger partial charge in [0, 0.05) is 12.2 Å². The Labute approximate surface area is 106 Å². The van der Waals surface area contributed by atoms with Crippen LogP contribution < -0.4 is 5.32 Å². The molecule has 2 aromatic heterocycles. The highest BCUT2D eigenvalue weighted by molar-refractivity contribution is 5.44. The van der Waals surface area contributed by atoms with Crippen molar-refractivity contribution in [2.45, 2.75) is 13.8 Å². The Morgan fingerprint density at radius 2 is 2.33 bits per heavy atom. The number of hydrogen-bond acceptors (Lipinski definition) is 4. The van der Waals surface area contributed by atoms with Crippen LogP contribution in [0.5, 0.6) is 0 Å². The van der Waals surface area contributed by atoms with Crippen LogP contribution in [0.15, 0.2) is 30.4 Å². The molecule has 1 N–H and O–H groups in total. The summed E-state index contributed by atoms with van der Waals surface area (Å²) in [5.74, 6) is 0.628. The lowest BCUT2D eigenvalue weighted by Crippen LogP contribution is -2.11. The molecule has 2 heterocycles. The second-order valence-corrected chi connectivity index (χ2v) is 4.31. The van der Waals surface area contributed by atoms with Crippen molar-refractivity contribution in [3.8, 4) is 0 Å². The van der Waals surface area contributed by atoms with Gasteiger partial charge in [0.1, 0.15) is 0 Å². The summed E-state index contributed by atoms with van der Waals surface area (Å²) in [5.41, 5.74) is 2.93. The van der Waals surface area contributed by atoms with Crippen LogP contribution in [0.4, 0.5) is 5.95 Å². The molecule has 0 spiro atoms. The largest absolute Gasteiger partial charge is 0.375 e. The number of fused-ring (bicyclic) bond motifs is 1. The highest BCUT2D eigenvalue weighted by Gasteiger charge is 2.03. The number of aromatic nitrogens is 3. The summed E-state index contributed by atoms with van der Waals surface area (Å²) < 4.78 is 7.21. The second-order valence-electron chi connectivity index (χ2n) is 4.31. The van der Waals surface area contributed by atoms with Crippen molar-refractivity contribution in [3.05, 3.63) is 36.0 Å². The first-order valence-electron chi connectivity index (χ1n) is 5.95. The van der Waals surface area contributed by atoms with Crippen LogP contribution in [0.3, 0.4) is 0 Å². The number of rotatable bonds is 6. The maximum atomic E-state index is 5.39. The summed E-state index contributed by atoms with van der Waals surface area (Å²) in [5, 5.41) is 7.50. The van der Waals surface area contributed by atoms with Gasteiger partial charge in [-0.1, -0.05) is 18.2 Å². The van der Waals surface area contributed by atoms with Gasteiger partial charge in [0.05, 0.1) is 13.2 Å². The smallest absolute Gasteiger partial charge is 0.243 e. The lowest BCUT2D eigenvalue weighted by atomic mass is 10.4. The monoisotopic (exact) mass is 246 g/mol. The fourth-order valence-corrected chi connectivity index (χ4v) is 1.59. The summed E-state index contributed by atoms with van der Waals surface area (Å²) in [6.07, 6.45) is 0. The molecule has 0 aliphatic heterocycles. The Kier molecular flexibility index (Phi) is 3.94. The van der Waals surface area contributed by atoms with E-state index in [1.54, 1.807) is 0 Å². The normalized spacial score (nSPS) is 10.8. The van der Waals surface area contributed by atoms with Gasteiger partial charge in [-0.25, -0.2) is 4.52 Å². The van der Waals surface area contributed by atoms with Crippen LogP contribution in [0.2, 0.25) is 0 Å². The van der Waals surface area contributed by atoms with E-state index in [9.17, 15) is 0 Å². The third-order valence-electron chi connectivity index (χ3n) is 2.43. The zero-order valence-electron chi connectivity index (χ0n) is 10.8. The van der Waals surface area contributed by atoms with Crippen LogP contribution in [0.25, 0.3) is 5.65 Å². The lowest BCUT2D eigenvalue weighted by molar-refractivity contribution is 0.167. The highest BCUT2D eigenvalue weighted by atomic mass is 16.5. The van der Waals surface area contributed by atoms with Gasteiger partial charge in [0.25, 0.3) is 0 Å². The number of pyridine rings is 1. The van der Waals surface area contributed by atoms with Crippen LogP contribution in [-0.4, -0.2) is 34.4 Å². The van der Waals surface area contributed by atoms with E-state index in [1.165, 1.54) is 0 Å². The van der Waals surface area contributed by atoms with E-state index in [0.717, 1.165) is 16.9 Å². The topological polar surface area (TPSA) is 51.5 Å². The molecule has 2 rings (SSSR count). The van der Waals surface area contributed by atoms with Gasteiger partial charge >= 0.3 is 0 Å². The molecule has 0 amide bonds. The van der Waals surface area contributed by atoms with Crippen LogP contribution in [-0.2, 0) is 4.74 Å². The van der Waals surface area contributed by atoms with Crippen molar-refractivity contribution >= 4 is 11.6 Å². The minimum absolute atomic E-state index is 0.597. The average Bonchev–Trinajstić information content (AvgIpc) is 2.72. The molecule has 0 aliphatic carbocycles. The molecule has 0 aliphatic rings. The first-order chi connectivity index (χ1) is 8.66. The Morgan fingerprint density at radius 1 is 1.50 bits per heavy atom. The van der Waals surface area contributed by atoms with E-state index in [0.29, 0.717) is 25.7 Å². The quantitative estimate of drug-likeness (QED) is 0.626. The summed E-state index contributed by atoms with van der Waals surface area (Å²) in [7, 11) is 0. The number of ether oxygens (including phenoxy) is 1. The van der Waals surface area contributed by atoms with Gasteiger partial charge in [-0.3, -0.25) is 0 Å². The Hall–Kier alpha value is -1.88. The van der Waals surface area contributed by atoms with E-state index in [-0.39, 0.29) is 0 Å². The van der Waals surface area contributed by atoms with Gasteiger partial charge in [-0.15, -0.1) is 5.10 Å². The van der Waals surface area contributed by atoms with Gasteiger partial charge in [-0.2, -0.15) is 4.98 Å². The van der Waals surface area contributed by atoms with Crippen molar-refractivity contribution < 1.29 is 4.74 Å². The van der Waals surface area contributed by atoms with Gasteiger partial charge in [0.2, 0.25) is 5.95 Å². The molecule has 0 unspecified atom stereocenters. The Morgan fingerprint density at radius 3 is 3.06 bits per heavy atom. The molecular weight excluding hydrogens is 228 g/mol. The van der Waals surface area contributed by atoms with E-state index in [4.69, 9.17) is 4.74 Å². The third kappa shape index (κ3) is 3.07. The fraction of sp³-hybridized carbons (Fsp3) is 0.385. The summed E-state index contributed by atoms with van der Waals surface area (Å²) >= 11 is 0. The van der Waals surface area contributed by atoms with E-state index >= 15 is 0 Å². The van der Waals surface area contributed by atoms with Crippen molar-refractivity contribution in [2.24, 2.45) is 0 Å². The first-order valence-corrected chi connectivity index (χ1v) is 5.95. The lowest BCUT2D eigenvalue weighted by Gasteiger charge is -2.03. The molecule has 0 bridgehead atoms. The number of nitrogens with one attached hydrogen (secondary N) is 1. The number of hydrogen-bond donors (Lipinski definition) is 1.